The van der Waals surface area contributed by atoms with Gasteiger partial charge in [0.2, 0.25) is 0 Å². The van der Waals surface area contributed by atoms with Crippen LogP contribution in [0.4, 0.5) is 5.69 Å². The third-order valence-electron chi connectivity index (χ3n) is 1.99. The van der Waals surface area contributed by atoms with E-state index in [1.165, 1.54) is 24.3 Å². The van der Waals surface area contributed by atoms with E-state index < -0.39 is 16.8 Å². The number of nitro benzene ring substituents is 1. The van der Waals surface area contributed by atoms with Gasteiger partial charge in [-0.1, -0.05) is 0 Å². The fourth-order valence-electron chi connectivity index (χ4n) is 1.15. The third-order valence-corrected chi connectivity index (χ3v) is 1.99. The molecular weight excluding hydrogens is 242 g/mol. The Morgan fingerprint density at radius 1 is 1.28 bits per heavy atom. The summed E-state index contributed by atoms with van der Waals surface area (Å²) < 4.78 is 0. The SMILES string of the molecule is O=C(O)CNCNC(=O)c1ccc([N+](=O)[O-])cc1. The van der Waals surface area contributed by atoms with Gasteiger partial charge in [-0.2, -0.15) is 0 Å². The Balaban J connectivity index is 2.46. The number of carbonyl (C=O) groups is 2. The van der Waals surface area contributed by atoms with Gasteiger partial charge in [0.15, 0.2) is 0 Å². The van der Waals surface area contributed by atoms with Gasteiger partial charge in [0, 0.05) is 17.7 Å². The highest BCUT2D eigenvalue weighted by molar-refractivity contribution is 5.94. The number of hydrogen-bond acceptors (Lipinski definition) is 5. The molecule has 1 rings (SSSR count). The summed E-state index contributed by atoms with van der Waals surface area (Å²) in [6.45, 7) is -0.261. The van der Waals surface area contributed by atoms with E-state index in [9.17, 15) is 19.7 Å². The minimum absolute atomic E-state index is 0.00210. The Hall–Kier alpha value is -2.48. The average Bonchev–Trinajstić information content (AvgIpc) is 2.34. The standard InChI is InChI=1S/C10H11N3O5/c14-9(15)5-11-6-12-10(16)7-1-3-8(4-2-7)13(17)18/h1-4,11H,5-6H2,(H,12,16)(H,14,15). The number of carbonyl (C=O) groups excluding carboxylic acids is 1. The van der Waals surface area contributed by atoms with E-state index in [1.807, 2.05) is 0 Å². The van der Waals surface area contributed by atoms with Crippen LogP contribution in [0.15, 0.2) is 24.3 Å². The Kier molecular flexibility index (Phi) is 4.76. The topological polar surface area (TPSA) is 122 Å². The summed E-state index contributed by atoms with van der Waals surface area (Å²) in [7, 11) is 0. The zero-order chi connectivity index (χ0) is 13.5. The molecule has 0 aliphatic carbocycles. The zero-order valence-corrected chi connectivity index (χ0v) is 9.25. The lowest BCUT2D eigenvalue weighted by molar-refractivity contribution is -0.384. The lowest BCUT2D eigenvalue weighted by atomic mass is 10.2. The molecule has 1 amide bonds. The Bertz CT molecular complexity index is 457. The molecule has 0 atom stereocenters. The summed E-state index contributed by atoms with van der Waals surface area (Å²) in [5.41, 5.74) is 0.160. The monoisotopic (exact) mass is 253 g/mol. The zero-order valence-electron chi connectivity index (χ0n) is 9.25. The van der Waals surface area contributed by atoms with Crippen molar-refractivity contribution < 1.29 is 19.6 Å². The molecule has 1 aromatic rings. The Morgan fingerprint density at radius 2 is 1.89 bits per heavy atom. The maximum atomic E-state index is 11.5. The molecule has 0 aliphatic rings. The summed E-state index contributed by atoms with van der Waals surface area (Å²) in [6.07, 6.45) is 0. The van der Waals surface area contributed by atoms with Gasteiger partial charge in [-0.25, -0.2) is 0 Å². The van der Waals surface area contributed by atoms with Gasteiger partial charge in [0.25, 0.3) is 11.6 Å². The van der Waals surface area contributed by atoms with E-state index in [0.717, 1.165) is 0 Å². The van der Waals surface area contributed by atoms with Crippen molar-refractivity contribution in [3.63, 3.8) is 0 Å². The molecular formula is C10H11N3O5. The van der Waals surface area contributed by atoms with Crippen LogP contribution >= 0.6 is 0 Å². The smallest absolute Gasteiger partial charge is 0.317 e. The normalized spacial score (nSPS) is 9.78. The summed E-state index contributed by atoms with van der Waals surface area (Å²) in [5, 5.41) is 23.6. The van der Waals surface area contributed by atoms with Gasteiger partial charge in [-0.15, -0.1) is 0 Å². The lowest BCUT2D eigenvalue weighted by Gasteiger charge is -2.05. The van der Waals surface area contributed by atoms with Crippen molar-refractivity contribution in [3.05, 3.63) is 39.9 Å². The predicted molar refractivity (Wildman–Crippen MR) is 61.1 cm³/mol. The number of aliphatic carboxylic acids is 1. The van der Waals surface area contributed by atoms with Gasteiger partial charge >= 0.3 is 5.97 Å². The van der Waals surface area contributed by atoms with Crippen LogP contribution in [-0.4, -0.2) is 35.1 Å². The van der Waals surface area contributed by atoms with Gasteiger partial charge in [0.1, 0.15) is 0 Å². The quantitative estimate of drug-likeness (QED) is 0.283. The molecule has 8 nitrogen and oxygen atoms in total. The first-order valence-corrected chi connectivity index (χ1v) is 4.96. The average molecular weight is 253 g/mol. The van der Waals surface area contributed by atoms with Gasteiger partial charge < -0.3 is 10.4 Å². The molecule has 3 N–H and O–H groups in total. The first-order valence-electron chi connectivity index (χ1n) is 4.96. The number of carboxylic acids is 1. The summed E-state index contributed by atoms with van der Waals surface area (Å²) in [5.74, 6) is -1.47. The minimum atomic E-state index is -1.03. The highest BCUT2D eigenvalue weighted by atomic mass is 16.6. The maximum Gasteiger partial charge on any atom is 0.317 e. The Morgan fingerprint density at radius 3 is 2.39 bits per heavy atom. The molecule has 8 heteroatoms. The van der Waals surface area contributed by atoms with Crippen LogP contribution in [0.2, 0.25) is 0 Å². The molecule has 0 fully saturated rings. The molecule has 18 heavy (non-hydrogen) atoms. The number of rotatable bonds is 6. The van der Waals surface area contributed by atoms with E-state index >= 15 is 0 Å². The van der Waals surface area contributed by atoms with Gasteiger partial charge in [-0.3, -0.25) is 25.0 Å². The molecule has 0 saturated carbocycles. The molecule has 96 valence electrons. The first kappa shape index (κ1) is 13.6. The number of non-ortho nitro benzene ring substituents is 1. The van der Waals surface area contributed by atoms with Gasteiger partial charge in [-0.05, 0) is 12.1 Å². The molecule has 1 aromatic carbocycles. The molecule has 0 aromatic heterocycles. The number of hydrogen-bond donors (Lipinski definition) is 3. The maximum absolute atomic E-state index is 11.5. The van der Waals surface area contributed by atoms with Crippen molar-refractivity contribution in [2.75, 3.05) is 13.2 Å². The third kappa shape index (κ3) is 4.18. The largest absolute Gasteiger partial charge is 0.480 e. The fourth-order valence-corrected chi connectivity index (χ4v) is 1.15. The van der Waals surface area contributed by atoms with Crippen molar-refractivity contribution >= 4 is 17.6 Å². The molecule has 0 saturated heterocycles. The van der Waals surface area contributed by atoms with Crippen LogP contribution in [0.25, 0.3) is 0 Å². The summed E-state index contributed by atoms with van der Waals surface area (Å²) in [6, 6.07) is 5.09. The highest BCUT2D eigenvalue weighted by Gasteiger charge is 2.08. The van der Waals surface area contributed by atoms with E-state index in [4.69, 9.17) is 5.11 Å². The van der Waals surface area contributed by atoms with Crippen LogP contribution in [0, 0.1) is 10.1 Å². The molecule has 0 unspecified atom stereocenters. The second-order valence-electron chi connectivity index (χ2n) is 3.31. The molecule has 0 spiro atoms. The first-order chi connectivity index (χ1) is 8.50. The van der Waals surface area contributed by atoms with Crippen LogP contribution in [0.5, 0.6) is 0 Å². The van der Waals surface area contributed by atoms with E-state index in [1.54, 1.807) is 0 Å². The number of amides is 1. The van der Waals surface area contributed by atoms with Gasteiger partial charge in [0.05, 0.1) is 18.1 Å². The van der Waals surface area contributed by atoms with Crippen molar-refractivity contribution in [1.29, 1.82) is 0 Å². The number of nitrogens with zero attached hydrogens (tertiary/aromatic N) is 1. The molecule has 0 heterocycles. The van der Waals surface area contributed by atoms with Crippen LogP contribution in [-0.2, 0) is 4.79 Å². The molecule has 0 aliphatic heterocycles. The summed E-state index contributed by atoms with van der Waals surface area (Å²) in [4.78, 5) is 31.5. The highest BCUT2D eigenvalue weighted by Crippen LogP contribution is 2.11. The Labute approximate surface area is 102 Å². The predicted octanol–water partition coefficient (Wildman–Crippen LogP) is -0.0437. The number of nitro groups is 1. The van der Waals surface area contributed by atoms with E-state index in [0.29, 0.717) is 0 Å². The molecule has 0 bridgehead atoms. The van der Waals surface area contributed by atoms with Crippen LogP contribution in [0.1, 0.15) is 10.4 Å². The van der Waals surface area contributed by atoms with E-state index in [-0.39, 0.29) is 24.5 Å². The lowest BCUT2D eigenvalue weighted by Crippen LogP contribution is -2.36. The van der Waals surface area contributed by atoms with Crippen molar-refractivity contribution in [1.82, 2.24) is 10.6 Å². The molecule has 0 radical (unpaired) electrons. The second-order valence-corrected chi connectivity index (χ2v) is 3.31. The van der Waals surface area contributed by atoms with Crippen molar-refractivity contribution in [2.24, 2.45) is 0 Å². The number of carboxylic acid groups (broad SMARTS) is 1. The summed E-state index contributed by atoms with van der Waals surface area (Å²) >= 11 is 0. The van der Waals surface area contributed by atoms with Crippen LogP contribution < -0.4 is 10.6 Å². The van der Waals surface area contributed by atoms with Crippen LogP contribution in [0.3, 0.4) is 0 Å². The second kappa shape index (κ2) is 6.30. The number of benzene rings is 1. The number of nitrogens with one attached hydrogen (secondary N) is 2. The van der Waals surface area contributed by atoms with E-state index in [2.05, 4.69) is 10.6 Å². The van der Waals surface area contributed by atoms with Crippen molar-refractivity contribution in [2.45, 2.75) is 0 Å². The minimum Gasteiger partial charge on any atom is -0.480 e. The fraction of sp³-hybridized carbons (Fsp3) is 0.200. The van der Waals surface area contributed by atoms with Crippen molar-refractivity contribution in [3.8, 4) is 0 Å².